The molecule has 0 fully saturated rings. The molecule has 0 radical (unpaired) electrons. The number of carbonyl (C=O) groups excluding carboxylic acids is 1. The molecule has 0 N–H and O–H groups in total. The van der Waals surface area contributed by atoms with Crippen molar-refractivity contribution in [3.63, 3.8) is 0 Å². The maximum Gasteiger partial charge on any atom is 0.270 e. The first-order valence-corrected chi connectivity index (χ1v) is 12.9. The summed E-state index contributed by atoms with van der Waals surface area (Å²) in [6, 6.07) is 11.2. The van der Waals surface area contributed by atoms with E-state index in [9.17, 15) is 13.2 Å². The third-order valence-electron chi connectivity index (χ3n) is 5.18. The highest BCUT2D eigenvalue weighted by atomic mass is 35.5. The van der Waals surface area contributed by atoms with Crippen LogP contribution in [-0.2, 0) is 16.6 Å². The number of nitrogens with zero attached hydrogens (tertiary/aromatic N) is 2. The largest absolute Gasteiger partial charge is 0.497 e. The van der Waals surface area contributed by atoms with Crippen LogP contribution in [0.25, 0.3) is 0 Å². The fraction of sp³-hybridized carbons (Fsp3) is 0.227. The Morgan fingerprint density at radius 2 is 1.94 bits per heavy atom. The van der Waals surface area contributed by atoms with Crippen LogP contribution >= 0.6 is 34.5 Å². The SMILES string of the molecule is COc1ccc2c(c1)N(C(=O)c1scc(CN(C)S(=O)(=O)c3ccc(Cl)cc3)c1Cl)CCO2. The Morgan fingerprint density at radius 3 is 2.64 bits per heavy atom. The van der Waals surface area contributed by atoms with Crippen LogP contribution in [0.5, 0.6) is 11.5 Å². The molecule has 1 aliphatic rings. The van der Waals surface area contributed by atoms with E-state index in [1.165, 1.54) is 47.0 Å². The predicted molar refractivity (Wildman–Crippen MR) is 130 cm³/mol. The molecule has 7 nitrogen and oxygen atoms in total. The van der Waals surface area contributed by atoms with Crippen molar-refractivity contribution >= 4 is 56.2 Å². The lowest BCUT2D eigenvalue weighted by Crippen LogP contribution is -2.37. The van der Waals surface area contributed by atoms with E-state index in [-0.39, 0.29) is 22.4 Å². The summed E-state index contributed by atoms with van der Waals surface area (Å²) in [4.78, 5) is 15.4. The van der Waals surface area contributed by atoms with Crippen molar-refractivity contribution in [2.24, 2.45) is 0 Å². The number of carbonyl (C=O) groups is 1. The second kappa shape index (κ2) is 9.52. The molecule has 2 heterocycles. The van der Waals surface area contributed by atoms with Gasteiger partial charge in [-0.05, 0) is 47.3 Å². The van der Waals surface area contributed by atoms with Gasteiger partial charge in [-0.3, -0.25) is 4.79 Å². The minimum absolute atomic E-state index is 0.0150. The zero-order valence-electron chi connectivity index (χ0n) is 17.7. The molecule has 33 heavy (non-hydrogen) atoms. The van der Waals surface area contributed by atoms with E-state index in [2.05, 4.69) is 0 Å². The van der Waals surface area contributed by atoms with Crippen LogP contribution in [0.1, 0.15) is 15.2 Å². The molecule has 0 spiro atoms. The van der Waals surface area contributed by atoms with E-state index >= 15 is 0 Å². The summed E-state index contributed by atoms with van der Waals surface area (Å²) < 4.78 is 37.9. The number of halogens is 2. The quantitative estimate of drug-likeness (QED) is 0.455. The molecule has 2 aromatic carbocycles. The lowest BCUT2D eigenvalue weighted by atomic mass is 10.2. The number of amides is 1. The first-order valence-electron chi connectivity index (χ1n) is 9.83. The van der Waals surface area contributed by atoms with Crippen molar-refractivity contribution < 1.29 is 22.7 Å². The number of rotatable bonds is 6. The van der Waals surface area contributed by atoms with Crippen LogP contribution in [0, 0.1) is 0 Å². The number of hydrogen-bond acceptors (Lipinski definition) is 6. The topological polar surface area (TPSA) is 76.2 Å². The van der Waals surface area contributed by atoms with Gasteiger partial charge in [-0.15, -0.1) is 11.3 Å². The maximum atomic E-state index is 13.3. The number of hydrogen-bond donors (Lipinski definition) is 0. The van der Waals surface area contributed by atoms with Gasteiger partial charge in [0.2, 0.25) is 10.0 Å². The molecule has 0 aliphatic carbocycles. The van der Waals surface area contributed by atoms with E-state index in [0.29, 0.717) is 45.8 Å². The first-order chi connectivity index (χ1) is 15.7. The molecule has 0 atom stereocenters. The number of sulfonamides is 1. The first kappa shape index (κ1) is 23.8. The van der Waals surface area contributed by atoms with Crippen molar-refractivity contribution in [3.05, 3.63) is 68.3 Å². The smallest absolute Gasteiger partial charge is 0.270 e. The van der Waals surface area contributed by atoms with Crippen LogP contribution in [-0.4, -0.2) is 45.9 Å². The Morgan fingerprint density at radius 1 is 1.21 bits per heavy atom. The van der Waals surface area contributed by atoms with Gasteiger partial charge < -0.3 is 14.4 Å². The molecule has 1 aliphatic heterocycles. The number of fused-ring (bicyclic) bond motifs is 1. The van der Waals surface area contributed by atoms with Gasteiger partial charge in [-0.2, -0.15) is 4.31 Å². The summed E-state index contributed by atoms with van der Waals surface area (Å²) in [7, 11) is -0.743. The minimum atomic E-state index is -3.75. The summed E-state index contributed by atoms with van der Waals surface area (Å²) in [5, 5.41) is 2.39. The molecule has 174 valence electrons. The monoisotopic (exact) mass is 526 g/mol. The Hall–Kier alpha value is -2.30. The number of anilines is 1. The number of benzene rings is 2. The molecule has 0 bridgehead atoms. The van der Waals surface area contributed by atoms with Gasteiger partial charge in [0.25, 0.3) is 5.91 Å². The minimum Gasteiger partial charge on any atom is -0.497 e. The van der Waals surface area contributed by atoms with Crippen LogP contribution in [0.3, 0.4) is 0 Å². The van der Waals surface area contributed by atoms with Crippen LogP contribution < -0.4 is 14.4 Å². The van der Waals surface area contributed by atoms with Crippen LogP contribution in [0.4, 0.5) is 5.69 Å². The summed E-state index contributed by atoms with van der Waals surface area (Å²) in [5.41, 5.74) is 1.14. The van der Waals surface area contributed by atoms with Gasteiger partial charge in [-0.25, -0.2) is 8.42 Å². The zero-order chi connectivity index (χ0) is 23.8. The third kappa shape index (κ3) is 4.69. The predicted octanol–water partition coefficient (Wildman–Crippen LogP) is 4.92. The van der Waals surface area contributed by atoms with Crippen molar-refractivity contribution in [1.82, 2.24) is 4.31 Å². The molecule has 1 aromatic heterocycles. The zero-order valence-corrected chi connectivity index (χ0v) is 20.9. The van der Waals surface area contributed by atoms with E-state index in [1.807, 2.05) is 0 Å². The van der Waals surface area contributed by atoms with E-state index in [1.54, 1.807) is 35.6 Å². The molecule has 0 saturated heterocycles. The summed E-state index contributed by atoms with van der Waals surface area (Å²) >= 11 is 13.6. The normalized spacial score (nSPS) is 13.5. The molecule has 11 heteroatoms. The van der Waals surface area contributed by atoms with Gasteiger partial charge >= 0.3 is 0 Å². The highest BCUT2D eigenvalue weighted by Crippen LogP contribution is 2.38. The second-order valence-corrected chi connectivity index (χ2v) is 11.0. The lowest BCUT2D eigenvalue weighted by molar-refractivity contribution is 0.0980. The van der Waals surface area contributed by atoms with Gasteiger partial charge in [0.05, 0.1) is 29.3 Å². The van der Waals surface area contributed by atoms with E-state index < -0.39 is 10.0 Å². The van der Waals surface area contributed by atoms with Gasteiger partial charge in [0.1, 0.15) is 23.0 Å². The third-order valence-corrected chi connectivity index (χ3v) is 8.81. The van der Waals surface area contributed by atoms with Crippen molar-refractivity contribution in [2.75, 3.05) is 32.2 Å². The Labute approximate surface area is 206 Å². The molecule has 1 amide bonds. The Bertz CT molecular complexity index is 1290. The molecule has 4 rings (SSSR count). The van der Waals surface area contributed by atoms with E-state index in [0.717, 1.165) is 0 Å². The lowest BCUT2D eigenvalue weighted by Gasteiger charge is -2.29. The highest BCUT2D eigenvalue weighted by molar-refractivity contribution is 7.89. The summed E-state index contributed by atoms with van der Waals surface area (Å²) in [6.45, 7) is 0.720. The van der Waals surface area contributed by atoms with Gasteiger partial charge in [0, 0.05) is 24.7 Å². The van der Waals surface area contributed by atoms with Crippen molar-refractivity contribution in [2.45, 2.75) is 11.4 Å². The fourth-order valence-electron chi connectivity index (χ4n) is 3.40. The summed E-state index contributed by atoms with van der Waals surface area (Å²) in [5.74, 6) is 0.901. The number of ether oxygens (including phenoxy) is 2. The Balaban J connectivity index is 1.57. The average molecular weight is 527 g/mol. The standard InChI is InChI=1S/C22H20Cl2N2O5S2/c1-25(33(28,29)17-6-3-15(23)4-7-17)12-14-13-32-21(20(14)24)22(27)26-9-10-31-19-8-5-16(30-2)11-18(19)26/h3-8,11,13H,9-10,12H2,1-2H3. The molecule has 0 unspecified atom stereocenters. The highest BCUT2D eigenvalue weighted by Gasteiger charge is 2.30. The second-order valence-electron chi connectivity index (χ2n) is 7.26. The van der Waals surface area contributed by atoms with Crippen molar-refractivity contribution in [3.8, 4) is 11.5 Å². The fourth-order valence-corrected chi connectivity index (χ4v) is 5.97. The summed E-state index contributed by atoms with van der Waals surface area (Å²) in [6.07, 6.45) is 0. The number of methoxy groups -OCH3 is 1. The molecular formula is C22H20Cl2N2O5S2. The molecule has 0 saturated carbocycles. The Kier molecular flexibility index (Phi) is 6.88. The van der Waals surface area contributed by atoms with Crippen LogP contribution in [0.15, 0.2) is 52.7 Å². The average Bonchev–Trinajstić information content (AvgIpc) is 3.17. The molecule has 3 aromatic rings. The van der Waals surface area contributed by atoms with Gasteiger partial charge in [0.15, 0.2) is 0 Å². The van der Waals surface area contributed by atoms with Crippen molar-refractivity contribution in [1.29, 1.82) is 0 Å². The molecular weight excluding hydrogens is 507 g/mol. The van der Waals surface area contributed by atoms with Crippen LogP contribution in [0.2, 0.25) is 10.0 Å². The van der Waals surface area contributed by atoms with E-state index in [4.69, 9.17) is 32.7 Å². The van der Waals surface area contributed by atoms with Gasteiger partial charge in [-0.1, -0.05) is 23.2 Å². The maximum absolute atomic E-state index is 13.3. The number of thiophene rings is 1.